The molecule has 2 N–H and O–H groups in total. The first kappa shape index (κ1) is 19.3. The molecule has 6 heteroatoms. The van der Waals surface area contributed by atoms with Crippen LogP contribution in [0.15, 0.2) is 36.7 Å². The number of halogens is 1. The van der Waals surface area contributed by atoms with Crippen molar-refractivity contribution in [3.63, 3.8) is 0 Å². The number of nitrogens with one attached hydrogen (secondary N) is 2. The third-order valence-corrected chi connectivity index (χ3v) is 4.38. The highest BCUT2D eigenvalue weighted by Gasteiger charge is 2.15. The molecule has 1 aromatic carbocycles. The highest BCUT2D eigenvalue weighted by atomic mass is 35.5. The summed E-state index contributed by atoms with van der Waals surface area (Å²) < 4.78 is 0. The summed E-state index contributed by atoms with van der Waals surface area (Å²) in [7, 11) is 0. The first-order chi connectivity index (χ1) is 11.8. The summed E-state index contributed by atoms with van der Waals surface area (Å²) in [5.74, 6) is 0.345. The molecule has 0 bridgehead atoms. The van der Waals surface area contributed by atoms with Crippen LogP contribution in [0.5, 0.6) is 0 Å². The molecule has 0 saturated carbocycles. The van der Waals surface area contributed by atoms with Crippen molar-refractivity contribution >= 4 is 24.0 Å². The number of aryl methyl sites for hydroxylation is 1. The molecule has 2 aromatic rings. The van der Waals surface area contributed by atoms with Gasteiger partial charge in [-0.15, -0.1) is 12.4 Å². The Morgan fingerprint density at radius 2 is 2.04 bits per heavy atom. The van der Waals surface area contributed by atoms with Crippen LogP contribution in [0.3, 0.4) is 0 Å². The van der Waals surface area contributed by atoms with Gasteiger partial charge in [0.05, 0.1) is 11.9 Å². The molecule has 0 radical (unpaired) electrons. The van der Waals surface area contributed by atoms with E-state index in [4.69, 9.17) is 0 Å². The molecule has 1 amide bonds. The molecule has 1 fully saturated rings. The monoisotopic (exact) mass is 360 g/mol. The number of hydrogen-bond acceptors (Lipinski definition) is 4. The van der Waals surface area contributed by atoms with E-state index in [9.17, 15) is 4.79 Å². The molecule has 0 aliphatic carbocycles. The molecule has 1 aliphatic rings. The number of aromatic nitrogens is 2. The molecule has 1 atom stereocenters. The number of benzene rings is 1. The van der Waals surface area contributed by atoms with Crippen molar-refractivity contribution in [1.29, 1.82) is 0 Å². The third kappa shape index (κ3) is 5.25. The number of rotatable bonds is 5. The minimum Gasteiger partial charge on any atom is -0.321 e. The lowest BCUT2D eigenvalue weighted by Crippen LogP contribution is -2.28. The van der Waals surface area contributed by atoms with Gasteiger partial charge in [-0.05, 0) is 49.4 Å². The topological polar surface area (TPSA) is 66.9 Å². The number of nitrogens with zero attached hydrogens (tertiary/aromatic N) is 2. The van der Waals surface area contributed by atoms with E-state index >= 15 is 0 Å². The van der Waals surface area contributed by atoms with Gasteiger partial charge in [0, 0.05) is 18.4 Å². The zero-order valence-corrected chi connectivity index (χ0v) is 15.3. The second-order valence-electron chi connectivity index (χ2n) is 6.26. The Hall–Kier alpha value is -1.98. The number of amides is 1. The molecule has 1 aromatic heterocycles. The standard InChI is InChI=1S/C19H24N4O.ClH/c1-2-4-17-12-22-18(13-21-17)19(24)23-16-8-6-14(7-9-16)15-5-3-10-20-11-15;/h6-9,12-13,15,20H,2-5,10-11H2,1H3,(H,23,24);1H/t15-;/m1./s1. The van der Waals surface area contributed by atoms with Crippen LogP contribution in [-0.4, -0.2) is 29.0 Å². The fourth-order valence-electron chi connectivity index (χ4n) is 3.03. The SMILES string of the molecule is CCCc1cnc(C(=O)Nc2ccc([C@@H]3CCCNC3)cc2)cn1.Cl. The Labute approximate surface area is 155 Å². The van der Waals surface area contributed by atoms with Gasteiger partial charge in [0.25, 0.3) is 5.91 Å². The highest BCUT2D eigenvalue weighted by molar-refractivity contribution is 6.02. The van der Waals surface area contributed by atoms with Gasteiger partial charge in [-0.3, -0.25) is 9.78 Å². The number of piperidine rings is 1. The van der Waals surface area contributed by atoms with Crippen molar-refractivity contribution in [2.45, 2.75) is 38.5 Å². The number of carbonyl (C=O) groups is 1. The van der Waals surface area contributed by atoms with Crippen LogP contribution >= 0.6 is 12.4 Å². The van der Waals surface area contributed by atoms with Crippen LogP contribution in [-0.2, 0) is 6.42 Å². The zero-order chi connectivity index (χ0) is 16.8. The van der Waals surface area contributed by atoms with E-state index in [2.05, 4.69) is 39.7 Å². The Morgan fingerprint density at radius 3 is 2.64 bits per heavy atom. The maximum absolute atomic E-state index is 12.2. The molecule has 2 heterocycles. The summed E-state index contributed by atoms with van der Waals surface area (Å²) in [6.45, 7) is 4.24. The molecule has 0 spiro atoms. The second kappa shape index (κ2) is 9.49. The summed E-state index contributed by atoms with van der Waals surface area (Å²) in [4.78, 5) is 20.7. The van der Waals surface area contributed by atoms with Crippen molar-refractivity contribution < 1.29 is 4.79 Å². The average molecular weight is 361 g/mol. The maximum atomic E-state index is 12.2. The van der Waals surface area contributed by atoms with Crippen LogP contribution in [0.1, 0.15) is 53.8 Å². The lowest BCUT2D eigenvalue weighted by Gasteiger charge is -2.23. The summed E-state index contributed by atoms with van der Waals surface area (Å²) >= 11 is 0. The zero-order valence-electron chi connectivity index (χ0n) is 14.5. The molecule has 0 unspecified atom stereocenters. The molecule has 134 valence electrons. The van der Waals surface area contributed by atoms with Gasteiger partial charge < -0.3 is 10.6 Å². The fourth-order valence-corrected chi connectivity index (χ4v) is 3.03. The van der Waals surface area contributed by atoms with Gasteiger partial charge in [-0.1, -0.05) is 25.5 Å². The summed E-state index contributed by atoms with van der Waals surface area (Å²) in [5, 5.41) is 6.31. The Balaban J connectivity index is 0.00000225. The largest absolute Gasteiger partial charge is 0.321 e. The van der Waals surface area contributed by atoms with Gasteiger partial charge >= 0.3 is 0 Å². The number of hydrogen-bond donors (Lipinski definition) is 2. The smallest absolute Gasteiger partial charge is 0.275 e. The fraction of sp³-hybridized carbons (Fsp3) is 0.421. The minimum atomic E-state index is -0.224. The quantitative estimate of drug-likeness (QED) is 0.855. The van der Waals surface area contributed by atoms with E-state index in [-0.39, 0.29) is 18.3 Å². The van der Waals surface area contributed by atoms with Crippen molar-refractivity contribution in [3.8, 4) is 0 Å². The maximum Gasteiger partial charge on any atom is 0.275 e. The van der Waals surface area contributed by atoms with Crippen LogP contribution in [0.2, 0.25) is 0 Å². The van der Waals surface area contributed by atoms with Crippen molar-refractivity contribution in [3.05, 3.63) is 53.6 Å². The van der Waals surface area contributed by atoms with Crippen LogP contribution in [0.4, 0.5) is 5.69 Å². The van der Waals surface area contributed by atoms with E-state index in [0.717, 1.165) is 37.3 Å². The predicted octanol–water partition coefficient (Wildman–Crippen LogP) is 3.57. The van der Waals surface area contributed by atoms with Crippen molar-refractivity contribution in [2.75, 3.05) is 18.4 Å². The molecular formula is C19H25ClN4O. The van der Waals surface area contributed by atoms with E-state index in [0.29, 0.717) is 11.6 Å². The molecule has 1 saturated heterocycles. The van der Waals surface area contributed by atoms with Crippen LogP contribution in [0.25, 0.3) is 0 Å². The molecule has 5 nitrogen and oxygen atoms in total. The average Bonchev–Trinajstić information content (AvgIpc) is 2.64. The Bertz CT molecular complexity index is 667. The predicted molar refractivity (Wildman–Crippen MR) is 103 cm³/mol. The Morgan fingerprint density at radius 1 is 1.24 bits per heavy atom. The van der Waals surface area contributed by atoms with Gasteiger partial charge in [-0.2, -0.15) is 0 Å². The van der Waals surface area contributed by atoms with Gasteiger partial charge in [-0.25, -0.2) is 4.98 Å². The van der Waals surface area contributed by atoms with Gasteiger partial charge in [0.2, 0.25) is 0 Å². The molecule has 1 aliphatic heterocycles. The summed E-state index contributed by atoms with van der Waals surface area (Å²) in [6, 6.07) is 8.12. The summed E-state index contributed by atoms with van der Waals surface area (Å²) in [6.07, 6.45) is 7.56. The third-order valence-electron chi connectivity index (χ3n) is 4.38. The highest BCUT2D eigenvalue weighted by Crippen LogP contribution is 2.24. The van der Waals surface area contributed by atoms with Crippen LogP contribution < -0.4 is 10.6 Å². The lowest BCUT2D eigenvalue weighted by atomic mass is 9.92. The first-order valence-corrected chi connectivity index (χ1v) is 8.69. The minimum absolute atomic E-state index is 0. The van der Waals surface area contributed by atoms with E-state index in [1.165, 1.54) is 18.4 Å². The molecule has 25 heavy (non-hydrogen) atoms. The van der Waals surface area contributed by atoms with E-state index in [1.54, 1.807) is 12.4 Å². The number of anilines is 1. The van der Waals surface area contributed by atoms with Crippen molar-refractivity contribution in [2.24, 2.45) is 0 Å². The molecule has 3 rings (SSSR count). The second-order valence-corrected chi connectivity index (χ2v) is 6.26. The summed E-state index contributed by atoms with van der Waals surface area (Å²) in [5.41, 5.74) is 3.37. The van der Waals surface area contributed by atoms with E-state index in [1.807, 2.05) is 12.1 Å². The van der Waals surface area contributed by atoms with Gasteiger partial charge in [0.1, 0.15) is 5.69 Å². The molecular weight excluding hydrogens is 336 g/mol. The number of carbonyl (C=O) groups excluding carboxylic acids is 1. The van der Waals surface area contributed by atoms with E-state index < -0.39 is 0 Å². The van der Waals surface area contributed by atoms with Crippen molar-refractivity contribution in [1.82, 2.24) is 15.3 Å². The lowest BCUT2D eigenvalue weighted by molar-refractivity contribution is 0.102. The van der Waals surface area contributed by atoms with Gasteiger partial charge in [0.15, 0.2) is 0 Å². The first-order valence-electron chi connectivity index (χ1n) is 8.69. The Kier molecular flexibility index (Phi) is 7.34. The normalized spacial score (nSPS) is 16.8. The van der Waals surface area contributed by atoms with Crippen LogP contribution in [0, 0.1) is 0 Å².